The molecular weight excluding hydrogens is 310 g/mol. The van der Waals surface area contributed by atoms with Crippen molar-refractivity contribution in [3.8, 4) is 0 Å². The van der Waals surface area contributed by atoms with E-state index in [4.69, 9.17) is 5.11 Å². The van der Waals surface area contributed by atoms with Crippen LogP contribution in [0.4, 0.5) is 17.5 Å². The monoisotopic (exact) mass is 325 g/mol. The molecule has 0 aliphatic carbocycles. The number of rotatable bonds is 4. The van der Waals surface area contributed by atoms with Crippen molar-refractivity contribution in [1.29, 1.82) is 0 Å². The first-order valence-corrected chi connectivity index (χ1v) is 7.15. The number of aromatic carboxylic acids is 1. The third-order valence-electron chi connectivity index (χ3n) is 3.55. The molecule has 0 amide bonds. The van der Waals surface area contributed by atoms with Crippen molar-refractivity contribution in [3.63, 3.8) is 0 Å². The number of anilines is 3. The SMILES string of the molecule is CNc1nc(Nc2ccc(C(=O)O)cc2)c2c(=O)n(C)ccc2n1. The van der Waals surface area contributed by atoms with Crippen LogP contribution in [0.25, 0.3) is 10.9 Å². The van der Waals surface area contributed by atoms with E-state index in [-0.39, 0.29) is 11.1 Å². The summed E-state index contributed by atoms with van der Waals surface area (Å²) in [5, 5.41) is 15.2. The van der Waals surface area contributed by atoms with Crippen molar-refractivity contribution >= 4 is 34.3 Å². The molecule has 0 fully saturated rings. The van der Waals surface area contributed by atoms with Crippen LogP contribution in [0.2, 0.25) is 0 Å². The predicted octanol–water partition coefficient (Wildman–Crippen LogP) is 1.81. The van der Waals surface area contributed by atoms with Gasteiger partial charge in [0.2, 0.25) is 5.95 Å². The van der Waals surface area contributed by atoms with Crippen LogP contribution in [0.1, 0.15) is 10.4 Å². The van der Waals surface area contributed by atoms with Crippen molar-refractivity contribution in [1.82, 2.24) is 14.5 Å². The molecule has 0 aliphatic rings. The fraction of sp³-hybridized carbons (Fsp3) is 0.125. The van der Waals surface area contributed by atoms with E-state index in [2.05, 4.69) is 20.6 Å². The van der Waals surface area contributed by atoms with Crippen LogP contribution in [0, 0.1) is 0 Å². The Kier molecular flexibility index (Phi) is 3.87. The number of carbonyl (C=O) groups is 1. The molecule has 1 aromatic carbocycles. The van der Waals surface area contributed by atoms with E-state index in [0.717, 1.165) is 0 Å². The van der Waals surface area contributed by atoms with Crippen LogP contribution in [0.3, 0.4) is 0 Å². The lowest BCUT2D eigenvalue weighted by Gasteiger charge is -2.11. The van der Waals surface area contributed by atoms with Gasteiger partial charge in [0, 0.05) is 26.0 Å². The van der Waals surface area contributed by atoms with Crippen LogP contribution in [-0.2, 0) is 7.05 Å². The van der Waals surface area contributed by atoms with E-state index in [9.17, 15) is 9.59 Å². The van der Waals surface area contributed by atoms with E-state index in [1.165, 1.54) is 16.7 Å². The molecule has 24 heavy (non-hydrogen) atoms. The molecule has 0 unspecified atom stereocenters. The van der Waals surface area contributed by atoms with Gasteiger partial charge < -0.3 is 20.3 Å². The van der Waals surface area contributed by atoms with Gasteiger partial charge in [-0.2, -0.15) is 4.98 Å². The van der Waals surface area contributed by atoms with Gasteiger partial charge in [-0.3, -0.25) is 4.79 Å². The van der Waals surface area contributed by atoms with Gasteiger partial charge in [-0.25, -0.2) is 9.78 Å². The summed E-state index contributed by atoms with van der Waals surface area (Å²) >= 11 is 0. The Labute approximate surface area is 136 Å². The third-order valence-corrected chi connectivity index (χ3v) is 3.55. The first-order chi connectivity index (χ1) is 11.5. The molecule has 0 aliphatic heterocycles. The minimum Gasteiger partial charge on any atom is -0.478 e. The summed E-state index contributed by atoms with van der Waals surface area (Å²) in [7, 11) is 3.34. The molecule has 122 valence electrons. The number of aryl methyl sites for hydroxylation is 1. The fourth-order valence-corrected chi connectivity index (χ4v) is 2.27. The van der Waals surface area contributed by atoms with Gasteiger partial charge in [0.15, 0.2) is 0 Å². The first kappa shape index (κ1) is 15.5. The molecule has 3 N–H and O–H groups in total. The average molecular weight is 325 g/mol. The van der Waals surface area contributed by atoms with E-state index < -0.39 is 5.97 Å². The molecule has 0 atom stereocenters. The highest BCUT2D eigenvalue weighted by atomic mass is 16.4. The lowest BCUT2D eigenvalue weighted by atomic mass is 10.2. The Morgan fingerprint density at radius 1 is 1.17 bits per heavy atom. The zero-order valence-electron chi connectivity index (χ0n) is 13.1. The highest BCUT2D eigenvalue weighted by molar-refractivity contribution is 5.91. The van der Waals surface area contributed by atoms with Gasteiger partial charge in [0.25, 0.3) is 5.56 Å². The van der Waals surface area contributed by atoms with Gasteiger partial charge in [-0.05, 0) is 30.3 Å². The number of nitrogens with one attached hydrogen (secondary N) is 2. The number of fused-ring (bicyclic) bond motifs is 1. The van der Waals surface area contributed by atoms with Crippen LogP contribution in [-0.4, -0.2) is 32.7 Å². The summed E-state index contributed by atoms with van der Waals surface area (Å²) in [6.07, 6.45) is 1.64. The number of aromatic nitrogens is 3. The molecule has 0 spiro atoms. The number of carboxylic acid groups (broad SMARTS) is 1. The van der Waals surface area contributed by atoms with Crippen LogP contribution in [0.5, 0.6) is 0 Å². The van der Waals surface area contributed by atoms with Crippen molar-refractivity contribution < 1.29 is 9.90 Å². The van der Waals surface area contributed by atoms with Crippen molar-refractivity contribution in [2.45, 2.75) is 0 Å². The average Bonchev–Trinajstić information content (AvgIpc) is 2.58. The number of hydrogen-bond acceptors (Lipinski definition) is 6. The zero-order valence-corrected chi connectivity index (χ0v) is 13.1. The normalized spacial score (nSPS) is 10.6. The highest BCUT2D eigenvalue weighted by Crippen LogP contribution is 2.22. The second kappa shape index (κ2) is 5.99. The minimum absolute atomic E-state index is 0.180. The second-order valence-electron chi connectivity index (χ2n) is 5.15. The molecule has 3 aromatic rings. The highest BCUT2D eigenvalue weighted by Gasteiger charge is 2.12. The molecular formula is C16H15N5O3. The van der Waals surface area contributed by atoms with Crippen molar-refractivity contribution in [3.05, 3.63) is 52.4 Å². The van der Waals surface area contributed by atoms with E-state index >= 15 is 0 Å². The van der Waals surface area contributed by atoms with Crippen LogP contribution >= 0.6 is 0 Å². The minimum atomic E-state index is -1.000. The topological polar surface area (TPSA) is 109 Å². The Bertz CT molecular complexity index is 979. The third kappa shape index (κ3) is 2.76. The lowest BCUT2D eigenvalue weighted by molar-refractivity contribution is 0.0697. The summed E-state index contributed by atoms with van der Waals surface area (Å²) in [4.78, 5) is 31.9. The van der Waals surface area contributed by atoms with Gasteiger partial charge in [-0.1, -0.05) is 0 Å². The Morgan fingerprint density at radius 3 is 2.50 bits per heavy atom. The fourth-order valence-electron chi connectivity index (χ4n) is 2.27. The maximum absolute atomic E-state index is 12.4. The second-order valence-corrected chi connectivity index (χ2v) is 5.15. The maximum atomic E-state index is 12.4. The molecule has 0 saturated heterocycles. The summed E-state index contributed by atoms with van der Waals surface area (Å²) in [6, 6.07) is 7.92. The van der Waals surface area contributed by atoms with Crippen LogP contribution in [0.15, 0.2) is 41.3 Å². The Hall–Kier alpha value is -3.42. The molecule has 0 bridgehead atoms. The Balaban J connectivity index is 2.12. The van der Waals surface area contributed by atoms with E-state index in [1.54, 1.807) is 38.5 Å². The lowest BCUT2D eigenvalue weighted by Crippen LogP contribution is -2.18. The number of carboxylic acids is 1. The van der Waals surface area contributed by atoms with Gasteiger partial charge in [0.05, 0.1) is 11.1 Å². The smallest absolute Gasteiger partial charge is 0.335 e. The summed E-state index contributed by atoms with van der Waals surface area (Å²) in [6.45, 7) is 0. The summed E-state index contributed by atoms with van der Waals surface area (Å²) < 4.78 is 1.45. The summed E-state index contributed by atoms with van der Waals surface area (Å²) in [5.74, 6) is -0.269. The first-order valence-electron chi connectivity index (χ1n) is 7.15. The Morgan fingerprint density at radius 2 is 1.88 bits per heavy atom. The number of hydrogen-bond donors (Lipinski definition) is 3. The van der Waals surface area contributed by atoms with Crippen molar-refractivity contribution in [2.24, 2.45) is 7.05 Å². The molecule has 8 heteroatoms. The largest absolute Gasteiger partial charge is 0.478 e. The molecule has 0 saturated carbocycles. The quantitative estimate of drug-likeness (QED) is 0.671. The standard InChI is InChI=1S/C16H15N5O3/c1-17-16-19-11-7-8-21(2)14(22)12(11)13(20-16)18-10-5-3-9(4-6-10)15(23)24/h3-8H,1-2H3,(H,23,24)(H2,17,18,19,20). The van der Waals surface area contributed by atoms with Crippen molar-refractivity contribution in [2.75, 3.05) is 17.7 Å². The molecule has 8 nitrogen and oxygen atoms in total. The molecule has 3 rings (SSSR count). The molecule has 2 aromatic heterocycles. The van der Waals surface area contributed by atoms with Gasteiger partial charge >= 0.3 is 5.97 Å². The van der Waals surface area contributed by atoms with Gasteiger partial charge in [-0.15, -0.1) is 0 Å². The van der Waals surface area contributed by atoms with Gasteiger partial charge in [0.1, 0.15) is 11.2 Å². The number of pyridine rings is 1. The molecule has 0 radical (unpaired) electrons. The van der Waals surface area contributed by atoms with E-state index in [0.29, 0.717) is 28.4 Å². The van der Waals surface area contributed by atoms with E-state index in [1.807, 2.05) is 0 Å². The van der Waals surface area contributed by atoms with Crippen LogP contribution < -0.4 is 16.2 Å². The summed E-state index contributed by atoms with van der Waals surface area (Å²) in [5.41, 5.74) is 1.09. The number of nitrogens with zero attached hydrogens (tertiary/aromatic N) is 3. The maximum Gasteiger partial charge on any atom is 0.335 e. The number of benzene rings is 1. The zero-order chi connectivity index (χ0) is 17.3. The molecule has 2 heterocycles. The predicted molar refractivity (Wildman–Crippen MR) is 91.0 cm³/mol.